The maximum atomic E-state index is 11.0. The number of carbonyl (C=O) groups excluding carboxylic acids is 1. The molecule has 2 heteroatoms. The van der Waals surface area contributed by atoms with Crippen molar-refractivity contribution >= 4 is 5.97 Å². The molecule has 0 heterocycles. The Morgan fingerprint density at radius 1 is 0.810 bits per heavy atom. The van der Waals surface area contributed by atoms with E-state index in [1.807, 2.05) is 0 Å². The molecule has 0 amide bonds. The summed E-state index contributed by atoms with van der Waals surface area (Å²) in [5.74, 6) is 0.828. The average molecular weight is 299 g/mol. The van der Waals surface area contributed by atoms with Gasteiger partial charge in [-0.1, -0.05) is 90.9 Å². The smallest absolute Gasteiger partial charge is 0.305 e. The number of hydrogen-bond acceptors (Lipinski definition) is 2. The molecule has 0 N–H and O–H groups in total. The predicted octanol–water partition coefficient (Wildman–Crippen LogP) is 6.28. The quantitative estimate of drug-likeness (QED) is 0.263. The Kier molecular flexibility index (Phi) is 15.5. The van der Waals surface area contributed by atoms with Gasteiger partial charge >= 0.3 is 5.97 Å². The van der Waals surface area contributed by atoms with Crippen LogP contribution in [0.3, 0.4) is 0 Å². The van der Waals surface area contributed by atoms with Gasteiger partial charge < -0.3 is 4.74 Å². The van der Waals surface area contributed by atoms with Gasteiger partial charge in [0, 0.05) is 6.42 Å². The zero-order chi connectivity index (χ0) is 15.8. The van der Waals surface area contributed by atoms with Crippen molar-refractivity contribution in [1.29, 1.82) is 0 Å². The Labute approximate surface area is 133 Å². The molecule has 0 bridgehead atoms. The molecule has 0 aliphatic carbocycles. The third-order valence-corrected chi connectivity index (χ3v) is 4.36. The molecule has 0 spiro atoms. The van der Waals surface area contributed by atoms with Crippen LogP contribution in [0.15, 0.2) is 0 Å². The van der Waals surface area contributed by atoms with Gasteiger partial charge in [-0.2, -0.15) is 0 Å². The molecule has 0 aromatic rings. The van der Waals surface area contributed by atoms with E-state index in [2.05, 4.69) is 18.6 Å². The second kappa shape index (κ2) is 15.9. The molecular weight excluding hydrogens is 260 g/mol. The molecule has 0 aromatic carbocycles. The Morgan fingerprint density at radius 3 is 1.81 bits per heavy atom. The normalized spacial score (nSPS) is 12.3. The summed E-state index contributed by atoms with van der Waals surface area (Å²) in [5.41, 5.74) is 0. The molecule has 0 aromatic heterocycles. The molecule has 0 rings (SSSR count). The van der Waals surface area contributed by atoms with Crippen LogP contribution < -0.4 is 0 Å². The van der Waals surface area contributed by atoms with E-state index in [-0.39, 0.29) is 5.97 Å². The van der Waals surface area contributed by atoms with Crippen LogP contribution in [0.25, 0.3) is 0 Å². The maximum absolute atomic E-state index is 11.0. The van der Waals surface area contributed by atoms with Crippen molar-refractivity contribution in [1.82, 2.24) is 0 Å². The fourth-order valence-electron chi connectivity index (χ4n) is 2.81. The van der Waals surface area contributed by atoms with Crippen LogP contribution in [0.2, 0.25) is 0 Å². The van der Waals surface area contributed by atoms with E-state index in [0.717, 1.165) is 12.3 Å². The van der Waals surface area contributed by atoms with Gasteiger partial charge in [0.15, 0.2) is 0 Å². The van der Waals surface area contributed by atoms with Crippen molar-refractivity contribution in [3.8, 4) is 0 Å². The highest BCUT2D eigenvalue weighted by atomic mass is 16.5. The van der Waals surface area contributed by atoms with Crippen LogP contribution >= 0.6 is 0 Å². The van der Waals surface area contributed by atoms with Gasteiger partial charge in [-0.15, -0.1) is 0 Å². The van der Waals surface area contributed by atoms with E-state index in [9.17, 15) is 4.79 Å². The average Bonchev–Trinajstić information content (AvgIpc) is 2.49. The first kappa shape index (κ1) is 20.5. The summed E-state index contributed by atoms with van der Waals surface area (Å²) < 4.78 is 4.64. The predicted molar refractivity (Wildman–Crippen MR) is 91.5 cm³/mol. The number of hydrogen-bond donors (Lipinski definition) is 0. The lowest BCUT2D eigenvalue weighted by Gasteiger charge is -2.11. The summed E-state index contributed by atoms with van der Waals surface area (Å²) in [6.07, 6.45) is 17.9. The van der Waals surface area contributed by atoms with E-state index in [0.29, 0.717) is 6.42 Å². The third-order valence-electron chi connectivity index (χ3n) is 4.36. The summed E-state index contributed by atoms with van der Waals surface area (Å²) in [6, 6.07) is 0. The van der Waals surface area contributed by atoms with Crippen molar-refractivity contribution < 1.29 is 9.53 Å². The van der Waals surface area contributed by atoms with Gasteiger partial charge in [0.05, 0.1) is 7.11 Å². The molecule has 0 saturated carbocycles. The molecular formula is C19H38O2. The van der Waals surface area contributed by atoms with E-state index in [4.69, 9.17) is 0 Å². The number of esters is 1. The molecule has 0 saturated heterocycles. The van der Waals surface area contributed by atoms with Crippen LogP contribution in [0.1, 0.15) is 104 Å². The molecule has 0 fully saturated rings. The minimum atomic E-state index is -0.0671. The van der Waals surface area contributed by atoms with Gasteiger partial charge in [-0.25, -0.2) is 0 Å². The van der Waals surface area contributed by atoms with E-state index >= 15 is 0 Å². The second-order valence-electron chi connectivity index (χ2n) is 6.54. The monoisotopic (exact) mass is 298 g/mol. The highest BCUT2D eigenvalue weighted by Crippen LogP contribution is 2.18. The Morgan fingerprint density at radius 2 is 1.29 bits per heavy atom. The molecule has 0 aliphatic rings. The topological polar surface area (TPSA) is 26.3 Å². The zero-order valence-corrected chi connectivity index (χ0v) is 14.8. The standard InChI is InChI=1S/C19H38O2/c1-4-5-6-7-9-12-15-18(2)16-13-10-8-11-14-17-19(20)21-3/h18H,4-17H2,1-3H3. The summed E-state index contributed by atoms with van der Waals surface area (Å²) in [4.78, 5) is 11.0. The molecule has 0 aliphatic heterocycles. The summed E-state index contributed by atoms with van der Waals surface area (Å²) in [6.45, 7) is 4.68. The van der Waals surface area contributed by atoms with Crippen molar-refractivity contribution in [2.75, 3.05) is 7.11 Å². The van der Waals surface area contributed by atoms with Crippen molar-refractivity contribution in [3.63, 3.8) is 0 Å². The fourth-order valence-corrected chi connectivity index (χ4v) is 2.81. The molecule has 1 unspecified atom stereocenters. The number of rotatable bonds is 15. The second-order valence-corrected chi connectivity index (χ2v) is 6.54. The van der Waals surface area contributed by atoms with Crippen molar-refractivity contribution in [2.45, 2.75) is 104 Å². The van der Waals surface area contributed by atoms with Gasteiger partial charge in [-0.05, 0) is 12.3 Å². The fraction of sp³-hybridized carbons (Fsp3) is 0.947. The summed E-state index contributed by atoms with van der Waals surface area (Å²) in [5, 5.41) is 0. The van der Waals surface area contributed by atoms with Crippen LogP contribution in [-0.4, -0.2) is 13.1 Å². The van der Waals surface area contributed by atoms with E-state index < -0.39 is 0 Å². The van der Waals surface area contributed by atoms with Crippen LogP contribution in [0.4, 0.5) is 0 Å². The zero-order valence-electron chi connectivity index (χ0n) is 14.8. The summed E-state index contributed by atoms with van der Waals surface area (Å²) in [7, 11) is 1.47. The van der Waals surface area contributed by atoms with Gasteiger partial charge in [0.1, 0.15) is 0 Å². The summed E-state index contributed by atoms with van der Waals surface area (Å²) >= 11 is 0. The number of ether oxygens (including phenoxy) is 1. The highest BCUT2D eigenvalue weighted by Gasteiger charge is 2.03. The first-order valence-corrected chi connectivity index (χ1v) is 9.27. The largest absolute Gasteiger partial charge is 0.469 e. The lowest BCUT2D eigenvalue weighted by Crippen LogP contribution is -1.99. The van der Waals surface area contributed by atoms with E-state index in [1.54, 1.807) is 0 Å². The van der Waals surface area contributed by atoms with Gasteiger partial charge in [-0.3, -0.25) is 4.79 Å². The molecule has 21 heavy (non-hydrogen) atoms. The van der Waals surface area contributed by atoms with Crippen molar-refractivity contribution in [2.24, 2.45) is 5.92 Å². The minimum absolute atomic E-state index is 0.0671. The van der Waals surface area contributed by atoms with Crippen LogP contribution in [-0.2, 0) is 9.53 Å². The molecule has 0 radical (unpaired) electrons. The van der Waals surface area contributed by atoms with Crippen molar-refractivity contribution in [3.05, 3.63) is 0 Å². The third kappa shape index (κ3) is 15.7. The molecule has 1 atom stereocenters. The highest BCUT2D eigenvalue weighted by molar-refractivity contribution is 5.68. The van der Waals surface area contributed by atoms with Gasteiger partial charge in [0.25, 0.3) is 0 Å². The first-order chi connectivity index (χ1) is 10.2. The Hall–Kier alpha value is -0.530. The molecule has 2 nitrogen and oxygen atoms in total. The lowest BCUT2D eigenvalue weighted by molar-refractivity contribution is -0.140. The SMILES string of the molecule is CCCCCCCCC(C)CCCCCCCC(=O)OC. The number of unbranched alkanes of at least 4 members (excludes halogenated alkanes) is 9. The maximum Gasteiger partial charge on any atom is 0.305 e. The lowest BCUT2D eigenvalue weighted by atomic mass is 9.96. The van der Waals surface area contributed by atoms with E-state index in [1.165, 1.54) is 84.2 Å². The number of carbonyl (C=O) groups is 1. The molecule has 126 valence electrons. The van der Waals surface area contributed by atoms with Gasteiger partial charge in [0.2, 0.25) is 0 Å². The first-order valence-electron chi connectivity index (χ1n) is 9.27. The Bertz CT molecular complexity index is 226. The minimum Gasteiger partial charge on any atom is -0.469 e. The van der Waals surface area contributed by atoms with Crippen LogP contribution in [0, 0.1) is 5.92 Å². The Balaban J connectivity index is 3.19. The van der Waals surface area contributed by atoms with Crippen LogP contribution in [0.5, 0.6) is 0 Å². The number of methoxy groups -OCH3 is 1.